The fourth-order valence-electron chi connectivity index (χ4n) is 3.54. The number of carbonyl (C=O) groups excluding carboxylic acids is 1. The number of hydrogen-bond acceptors (Lipinski definition) is 4. The molecule has 1 aromatic heterocycles. The van der Waals surface area contributed by atoms with Gasteiger partial charge in [0.1, 0.15) is 5.76 Å². The number of aromatic nitrogens is 1. The number of aryl methyl sites for hydroxylation is 2. The molecule has 0 unspecified atom stereocenters. The lowest BCUT2D eigenvalue weighted by atomic mass is 9.82. The van der Waals surface area contributed by atoms with Crippen LogP contribution in [0.15, 0.2) is 28.8 Å². The number of hydrogen-bond donors (Lipinski definition) is 2. The van der Waals surface area contributed by atoms with Gasteiger partial charge in [-0.05, 0) is 45.2 Å². The minimum absolute atomic E-state index is 0.135. The first-order valence-electron chi connectivity index (χ1n) is 7.82. The van der Waals surface area contributed by atoms with Crippen LogP contribution in [0.1, 0.15) is 48.1 Å². The zero-order chi connectivity index (χ0) is 16.8. The largest absolute Gasteiger partial charge is 0.386 e. The third-order valence-electron chi connectivity index (χ3n) is 4.74. The van der Waals surface area contributed by atoms with Gasteiger partial charge >= 0.3 is 0 Å². The Bertz CT molecular complexity index is 729. The molecule has 3 rings (SSSR count). The van der Waals surface area contributed by atoms with Gasteiger partial charge in [0.15, 0.2) is 0 Å². The summed E-state index contributed by atoms with van der Waals surface area (Å²) >= 11 is 0. The molecule has 2 aromatic rings. The molecule has 0 spiro atoms. The van der Waals surface area contributed by atoms with Crippen molar-refractivity contribution in [3.63, 3.8) is 0 Å². The Balaban J connectivity index is 1.80. The predicted octanol–water partition coefficient (Wildman–Crippen LogP) is 2.34. The lowest BCUT2D eigenvalue weighted by Crippen LogP contribution is -2.47. The highest BCUT2D eigenvalue weighted by molar-refractivity contribution is 5.88. The van der Waals surface area contributed by atoms with E-state index in [0.717, 1.165) is 22.4 Å². The number of amides is 1. The summed E-state index contributed by atoms with van der Waals surface area (Å²) in [4.78, 5) is 12.8. The molecule has 1 heterocycles. The molecule has 5 nitrogen and oxygen atoms in total. The van der Waals surface area contributed by atoms with Crippen molar-refractivity contribution in [1.82, 2.24) is 10.5 Å². The van der Waals surface area contributed by atoms with Gasteiger partial charge in [-0.15, -0.1) is 0 Å². The molecule has 1 amide bonds. The Morgan fingerprint density at radius 2 is 2.04 bits per heavy atom. The number of nitrogens with one attached hydrogen (secondary N) is 1. The van der Waals surface area contributed by atoms with Crippen LogP contribution in [0.5, 0.6) is 0 Å². The molecular weight excluding hydrogens is 292 g/mol. The highest BCUT2D eigenvalue weighted by Gasteiger charge is 2.39. The maximum Gasteiger partial charge on any atom is 0.230 e. The topological polar surface area (TPSA) is 75.4 Å². The van der Waals surface area contributed by atoms with E-state index in [0.29, 0.717) is 12.2 Å². The normalized spacial score (nSPS) is 20.4. The summed E-state index contributed by atoms with van der Waals surface area (Å²) in [6.07, 6.45) is -0.0311. The zero-order valence-corrected chi connectivity index (χ0v) is 13.9. The number of nitrogens with zero attached hydrogens (tertiary/aromatic N) is 1. The first kappa shape index (κ1) is 15.7. The Morgan fingerprint density at radius 1 is 1.35 bits per heavy atom. The Morgan fingerprint density at radius 3 is 2.65 bits per heavy atom. The minimum Gasteiger partial charge on any atom is -0.386 e. The summed E-state index contributed by atoms with van der Waals surface area (Å²) in [6, 6.07) is 7.44. The molecule has 0 saturated carbocycles. The summed E-state index contributed by atoms with van der Waals surface area (Å²) in [7, 11) is 0. The van der Waals surface area contributed by atoms with E-state index in [1.54, 1.807) is 0 Å². The number of aliphatic hydroxyl groups is 1. The average molecular weight is 314 g/mol. The highest BCUT2D eigenvalue weighted by atomic mass is 16.5. The first-order valence-corrected chi connectivity index (χ1v) is 7.82. The van der Waals surface area contributed by atoms with E-state index >= 15 is 0 Å². The van der Waals surface area contributed by atoms with Crippen LogP contribution in [0.2, 0.25) is 0 Å². The van der Waals surface area contributed by atoms with Crippen LogP contribution in [0, 0.1) is 13.8 Å². The molecule has 23 heavy (non-hydrogen) atoms. The highest BCUT2D eigenvalue weighted by Crippen LogP contribution is 2.33. The second-order valence-corrected chi connectivity index (χ2v) is 6.75. The molecule has 1 aliphatic carbocycles. The van der Waals surface area contributed by atoms with Crippen LogP contribution in [-0.2, 0) is 16.6 Å². The lowest BCUT2D eigenvalue weighted by molar-refractivity contribution is -0.127. The number of aliphatic hydroxyl groups excluding tert-OH is 1. The minimum atomic E-state index is -0.775. The first-order chi connectivity index (χ1) is 10.8. The number of fused-ring (bicyclic) bond motifs is 1. The third kappa shape index (κ3) is 2.55. The van der Waals surface area contributed by atoms with Crippen molar-refractivity contribution in [3.05, 3.63) is 52.4 Å². The number of benzene rings is 1. The van der Waals surface area contributed by atoms with Gasteiger partial charge in [-0.3, -0.25) is 4.79 Å². The molecular formula is C18H22N2O3. The molecule has 2 N–H and O–H groups in total. The van der Waals surface area contributed by atoms with Gasteiger partial charge in [0.05, 0.1) is 23.3 Å². The summed E-state index contributed by atoms with van der Waals surface area (Å²) < 4.78 is 5.19. The second kappa shape index (κ2) is 5.49. The van der Waals surface area contributed by atoms with Crippen molar-refractivity contribution < 1.29 is 14.4 Å². The molecule has 122 valence electrons. The quantitative estimate of drug-likeness (QED) is 0.912. The van der Waals surface area contributed by atoms with E-state index in [2.05, 4.69) is 10.5 Å². The van der Waals surface area contributed by atoms with Crippen molar-refractivity contribution in [2.75, 3.05) is 0 Å². The van der Waals surface area contributed by atoms with Crippen molar-refractivity contribution >= 4 is 5.91 Å². The maximum atomic E-state index is 12.8. The molecule has 1 aliphatic rings. The summed E-state index contributed by atoms with van der Waals surface area (Å²) in [6.45, 7) is 7.35. The van der Waals surface area contributed by atoms with Crippen molar-refractivity contribution in [3.8, 4) is 0 Å². The third-order valence-corrected chi connectivity index (χ3v) is 4.74. The number of rotatable bonds is 3. The monoisotopic (exact) mass is 314 g/mol. The van der Waals surface area contributed by atoms with E-state index in [9.17, 15) is 9.90 Å². The molecule has 2 atom stereocenters. The summed E-state index contributed by atoms with van der Waals surface area (Å²) in [5.74, 6) is 0.515. The van der Waals surface area contributed by atoms with Gasteiger partial charge in [0.25, 0.3) is 0 Å². The molecule has 0 saturated heterocycles. The van der Waals surface area contributed by atoms with Gasteiger partial charge in [-0.25, -0.2) is 0 Å². The molecule has 0 bridgehead atoms. The van der Waals surface area contributed by atoms with Crippen molar-refractivity contribution in [1.29, 1.82) is 0 Å². The van der Waals surface area contributed by atoms with E-state index in [1.165, 1.54) is 0 Å². The second-order valence-electron chi connectivity index (χ2n) is 6.75. The van der Waals surface area contributed by atoms with Gasteiger partial charge in [0.2, 0.25) is 5.91 Å². The zero-order valence-electron chi connectivity index (χ0n) is 13.9. The van der Waals surface area contributed by atoms with E-state index in [-0.39, 0.29) is 11.9 Å². The fourth-order valence-corrected chi connectivity index (χ4v) is 3.54. The Kier molecular flexibility index (Phi) is 3.76. The molecule has 0 radical (unpaired) electrons. The predicted molar refractivity (Wildman–Crippen MR) is 86.0 cm³/mol. The van der Waals surface area contributed by atoms with Gasteiger partial charge in [-0.1, -0.05) is 29.4 Å². The van der Waals surface area contributed by atoms with Gasteiger partial charge in [0, 0.05) is 5.56 Å². The standard InChI is InChI=1S/C18H22N2O3/c1-10-15(11(2)23-20-10)18(3,4)17(22)19-14-9-12-7-5-6-8-13(12)16(14)21/h5-8,14,16,21H,9H2,1-4H3,(H,19,22)/t14-,16-/m0/s1. The van der Waals surface area contributed by atoms with Gasteiger partial charge in [-0.2, -0.15) is 0 Å². The molecule has 0 aliphatic heterocycles. The number of carbonyl (C=O) groups is 1. The van der Waals surface area contributed by atoms with E-state index < -0.39 is 11.5 Å². The van der Waals surface area contributed by atoms with Crippen LogP contribution < -0.4 is 5.32 Å². The lowest BCUT2D eigenvalue weighted by Gasteiger charge is -2.27. The van der Waals surface area contributed by atoms with Crippen LogP contribution >= 0.6 is 0 Å². The SMILES string of the molecule is Cc1noc(C)c1C(C)(C)C(=O)N[C@H]1Cc2ccccc2[C@@H]1O. The van der Waals surface area contributed by atoms with Crippen molar-refractivity contribution in [2.24, 2.45) is 0 Å². The van der Waals surface area contributed by atoms with E-state index in [1.807, 2.05) is 52.0 Å². The average Bonchev–Trinajstić information content (AvgIpc) is 3.00. The Labute approximate surface area is 135 Å². The molecule has 1 aromatic carbocycles. The summed E-state index contributed by atoms with van der Waals surface area (Å²) in [5, 5.41) is 17.4. The summed E-state index contributed by atoms with van der Waals surface area (Å²) in [5.41, 5.74) is 2.73. The molecule has 5 heteroatoms. The van der Waals surface area contributed by atoms with Crippen molar-refractivity contribution in [2.45, 2.75) is 51.7 Å². The Hall–Kier alpha value is -2.14. The van der Waals surface area contributed by atoms with Crippen LogP contribution in [0.3, 0.4) is 0 Å². The van der Waals surface area contributed by atoms with Crippen LogP contribution in [0.25, 0.3) is 0 Å². The van der Waals surface area contributed by atoms with E-state index in [4.69, 9.17) is 4.52 Å². The van der Waals surface area contributed by atoms with Crippen LogP contribution in [-0.4, -0.2) is 22.2 Å². The van der Waals surface area contributed by atoms with Gasteiger partial charge < -0.3 is 14.9 Å². The smallest absolute Gasteiger partial charge is 0.230 e. The van der Waals surface area contributed by atoms with Crippen LogP contribution in [0.4, 0.5) is 0 Å². The maximum absolute atomic E-state index is 12.8. The fraction of sp³-hybridized carbons (Fsp3) is 0.444. The molecule has 0 fully saturated rings.